The molecule has 1 amide bonds. The van der Waals surface area contributed by atoms with E-state index in [0.29, 0.717) is 31.6 Å². The highest BCUT2D eigenvalue weighted by molar-refractivity contribution is 5.84. The Balaban J connectivity index is 1.93. The van der Waals surface area contributed by atoms with Crippen LogP contribution in [-0.4, -0.2) is 76.9 Å². The Morgan fingerprint density at radius 3 is 2.63 bits per heavy atom. The quantitative estimate of drug-likeness (QED) is 0.419. The maximum absolute atomic E-state index is 11.9. The van der Waals surface area contributed by atoms with Crippen LogP contribution in [0.25, 0.3) is 0 Å². The lowest BCUT2D eigenvalue weighted by Gasteiger charge is -2.16. The molecule has 0 aromatic heterocycles. The summed E-state index contributed by atoms with van der Waals surface area (Å²) in [4.78, 5) is 17.9. The van der Waals surface area contributed by atoms with Crippen molar-refractivity contribution in [2.45, 2.75) is 26.7 Å². The van der Waals surface area contributed by atoms with E-state index >= 15 is 0 Å². The Labute approximate surface area is 180 Å². The predicted molar refractivity (Wildman–Crippen MR) is 118 cm³/mol. The number of ether oxygens (including phenoxy) is 3. The van der Waals surface area contributed by atoms with Crippen LogP contribution in [0.2, 0.25) is 0 Å². The van der Waals surface area contributed by atoms with Crippen LogP contribution >= 0.6 is 0 Å². The van der Waals surface area contributed by atoms with E-state index in [1.54, 1.807) is 19.0 Å². The van der Waals surface area contributed by atoms with Crippen LogP contribution in [0.3, 0.4) is 0 Å². The Morgan fingerprint density at radius 2 is 1.97 bits per heavy atom. The van der Waals surface area contributed by atoms with Gasteiger partial charge in [0.1, 0.15) is 6.54 Å². The van der Waals surface area contributed by atoms with Crippen molar-refractivity contribution in [2.24, 2.45) is 10.9 Å². The number of aliphatic imine (C=N–C) groups is 1. The Hall–Kier alpha value is -2.48. The highest BCUT2D eigenvalue weighted by Crippen LogP contribution is 2.28. The van der Waals surface area contributed by atoms with Crippen LogP contribution in [0.4, 0.5) is 0 Å². The molecule has 1 fully saturated rings. The molecular weight excluding hydrogens is 384 g/mol. The summed E-state index contributed by atoms with van der Waals surface area (Å²) < 4.78 is 16.8. The third-order valence-electron chi connectivity index (χ3n) is 4.77. The lowest BCUT2D eigenvalue weighted by molar-refractivity contribution is -0.127. The van der Waals surface area contributed by atoms with E-state index in [1.165, 1.54) is 0 Å². The van der Waals surface area contributed by atoms with Crippen molar-refractivity contribution in [1.82, 2.24) is 15.5 Å². The third-order valence-corrected chi connectivity index (χ3v) is 4.77. The van der Waals surface area contributed by atoms with Crippen LogP contribution in [0, 0.1) is 5.92 Å². The van der Waals surface area contributed by atoms with E-state index in [1.807, 2.05) is 32.0 Å². The Kier molecular flexibility index (Phi) is 10.3. The first-order valence-corrected chi connectivity index (χ1v) is 10.7. The van der Waals surface area contributed by atoms with Crippen molar-refractivity contribution in [1.29, 1.82) is 0 Å². The summed E-state index contributed by atoms with van der Waals surface area (Å²) >= 11 is 0. The minimum absolute atomic E-state index is 0.0341. The zero-order valence-corrected chi connectivity index (χ0v) is 18.7. The number of hydrogen-bond donors (Lipinski definition) is 2. The zero-order valence-electron chi connectivity index (χ0n) is 18.7. The number of hydrogen-bond acceptors (Lipinski definition) is 5. The fourth-order valence-corrected chi connectivity index (χ4v) is 3.02. The monoisotopic (exact) mass is 420 g/mol. The van der Waals surface area contributed by atoms with E-state index < -0.39 is 0 Å². The predicted octanol–water partition coefficient (Wildman–Crippen LogP) is 1.69. The number of likely N-dealkylation sites (N-methyl/N-ethyl adjacent to an activating group) is 1. The van der Waals surface area contributed by atoms with Crippen molar-refractivity contribution >= 4 is 11.9 Å². The molecule has 1 aromatic carbocycles. The van der Waals surface area contributed by atoms with E-state index in [2.05, 4.69) is 15.6 Å². The third kappa shape index (κ3) is 8.10. The number of rotatable bonds is 11. The molecule has 1 aliphatic rings. The van der Waals surface area contributed by atoms with Gasteiger partial charge in [-0.15, -0.1) is 0 Å². The van der Waals surface area contributed by atoms with Crippen molar-refractivity contribution < 1.29 is 19.0 Å². The fraction of sp³-hybridized carbons (Fsp3) is 0.636. The van der Waals surface area contributed by atoms with Crippen molar-refractivity contribution in [3.05, 3.63) is 23.8 Å². The molecule has 0 aliphatic carbocycles. The van der Waals surface area contributed by atoms with Crippen LogP contribution in [0.1, 0.15) is 25.8 Å². The summed E-state index contributed by atoms with van der Waals surface area (Å²) in [6, 6.07) is 6.02. The summed E-state index contributed by atoms with van der Waals surface area (Å²) in [5.74, 6) is 2.62. The van der Waals surface area contributed by atoms with Crippen LogP contribution in [0.5, 0.6) is 11.5 Å². The van der Waals surface area contributed by atoms with Gasteiger partial charge in [-0.25, -0.2) is 4.99 Å². The van der Waals surface area contributed by atoms with Gasteiger partial charge in [-0.1, -0.05) is 6.07 Å². The lowest BCUT2D eigenvalue weighted by Crippen LogP contribution is -2.41. The average Bonchev–Trinajstić information content (AvgIpc) is 3.25. The number of amides is 1. The number of nitrogens with zero attached hydrogens (tertiary/aromatic N) is 2. The van der Waals surface area contributed by atoms with Gasteiger partial charge in [-0.2, -0.15) is 0 Å². The molecule has 0 saturated carbocycles. The number of guanidine groups is 1. The van der Waals surface area contributed by atoms with Crippen LogP contribution in [0.15, 0.2) is 23.2 Å². The Bertz CT molecular complexity index is 688. The molecule has 1 saturated heterocycles. The van der Waals surface area contributed by atoms with Crippen molar-refractivity contribution in [3.8, 4) is 11.5 Å². The van der Waals surface area contributed by atoms with Gasteiger partial charge in [-0.05, 0) is 44.4 Å². The molecule has 1 aromatic rings. The normalized spacial score (nSPS) is 16.3. The fourth-order valence-electron chi connectivity index (χ4n) is 3.02. The molecule has 1 aliphatic heterocycles. The largest absolute Gasteiger partial charge is 0.490 e. The van der Waals surface area contributed by atoms with Gasteiger partial charge in [0.15, 0.2) is 17.5 Å². The molecule has 1 unspecified atom stereocenters. The molecule has 168 valence electrons. The molecule has 30 heavy (non-hydrogen) atoms. The number of carbonyl (C=O) groups is 1. The first kappa shape index (κ1) is 23.8. The second-order valence-electron chi connectivity index (χ2n) is 7.39. The topological polar surface area (TPSA) is 84.4 Å². The molecular formula is C22H36N4O4. The molecule has 2 N–H and O–H groups in total. The van der Waals surface area contributed by atoms with Gasteiger partial charge < -0.3 is 29.7 Å². The molecule has 8 heteroatoms. The Morgan fingerprint density at radius 1 is 1.20 bits per heavy atom. The standard InChI is InChI=1S/C22H36N4O4/c1-5-29-19-8-7-17(13-20(19)30-6-2)9-11-23-22(25-15-21(27)26(3)4)24-14-18-10-12-28-16-18/h7-8,13,18H,5-6,9-12,14-16H2,1-4H3,(H2,23,24,25). The highest BCUT2D eigenvalue weighted by Gasteiger charge is 2.16. The number of nitrogens with one attached hydrogen (secondary N) is 2. The first-order chi connectivity index (χ1) is 14.5. The molecule has 0 bridgehead atoms. The minimum atomic E-state index is -0.0341. The molecule has 2 rings (SSSR count). The number of carbonyl (C=O) groups excluding carboxylic acids is 1. The van der Waals surface area contributed by atoms with E-state index in [-0.39, 0.29) is 12.5 Å². The second-order valence-corrected chi connectivity index (χ2v) is 7.39. The SMILES string of the molecule is CCOc1ccc(CCNC(=NCC(=O)N(C)C)NCC2CCOC2)cc1OCC. The summed E-state index contributed by atoms with van der Waals surface area (Å²) in [5, 5.41) is 6.68. The van der Waals surface area contributed by atoms with E-state index in [9.17, 15) is 4.79 Å². The van der Waals surface area contributed by atoms with Gasteiger partial charge >= 0.3 is 0 Å². The zero-order chi connectivity index (χ0) is 21.8. The molecule has 1 heterocycles. The van der Waals surface area contributed by atoms with Gasteiger partial charge in [-0.3, -0.25) is 4.79 Å². The molecule has 1 atom stereocenters. The first-order valence-electron chi connectivity index (χ1n) is 10.7. The second kappa shape index (κ2) is 13.0. The van der Waals surface area contributed by atoms with Crippen LogP contribution < -0.4 is 20.1 Å². The van der Waals surface area contributed by atoms with Gasteiger partial charge in [0.25, 0.3) is 0 Å². The van der Waals surface area contributed by atoms with Gasteiger partial charge in [0.2, 0.25) is 5.91 Å². The molecule has 0 radical (unpaired) electrons. The molecule has 0 spiro atoms. The maximum Gasteiger partial charge on any atom is 0.243 e. The molecule has 8 nitrogen and oxygen atoms in total. The minimum Gasteiger partial charge on any atom is -0.490 e. The van der Waals surface area contributed by atoms with Crippen molar-refractivity contribution in [2.75, 3.05) is 60.2 Å². The van der Waals surface area contributed by atoms with Crippen molar-refractivity contribution in [3.63, 3.8) is 0 Å². The lowest BCUT2D eigenvalue weighted by atomic mass is 10.1. The highest BCUT2D eigenvalue weighted by atomic mass is 16.5. The van der Waals surface area contributed by atoms with E-state index in [4.69, 9.17) is 14.2 Å². The van der Waals surface area contributed by atoms with Gasteiger partial charge in [0, 0.05) is 39.7 Å². The smallest absolute Gasteiger partial charge is 0.243 e. The van der Waals surface area contributed by atoms with Gasteiger partial charge in [0.05, 0.1) is 19.8 Å². The maximum atomic E-state index is 11.9. The summed E-state index contributed by atoms with van der Waals surface area (Å²) in [6.07, 6.45) is 1.84. The van der Waals surface area contributed by atoms with Crippen LogP contribution in [-0.2, 0) is 16.0 Å². The summed E-state index contributed by atoms with van der Waals surface area (Å²) in [5.41, 5.74) is 1.14. The number of benzene rings is 1. The summed E-state index contributed by atoms with van der Waals surface area (Å²) in [7, 11) is 3.46. The average molecular weight is 421 g/mol. The summed E-state index contributed by atoms with van der Waals surface area (Å²) in [6.45, 7) is 8.26. The van der Waals surface area contributed by atoms with E-state index in [0.717, 1.165) is 49.7 Å².